The number of para-hydroxylation sites is 2. The summed E-state index contributed by atoms with van der Waals surface area (Å²) < 4.78 is 16.4. The summed E-state index contributed by atoms with van der Waals surface area (Å²) in [7, 11) is 0. The smallest absolute Gasteiger partial charge is 0.123 e. The first-order valence-corrected chi connectivity index (χ1v) is 17.4. The first-order valence-electron chi connectivity index (χ1n) is 17.4. The lowest BCUT2D eigenvalue weighted by Crippen LogP contribution is -2.10. The molecule has 11 rings (SSSR count). The van der Waals surface area contributed by atoms with Crippen molar-refractivity contribution in [2.24, 2.45) is 0 Å². The highest BCUT2D eigenvalue weighted by atomic mass is 19.1. The summed E-state index contributed by atoms with van der Waals surface area (Å²) in [6, 6.07) is 61.9. The van der Waals surface area contributed by atoms with Crippen LogP contribution in [0.4, 0.5) is 21.5 Å². The van der Waals surface area contributed by atoms with E-state index in [1.807, 2.05) is 12.1 Å². The van der Waals surface area contributed by atoms with Gasteiger partial charge in [0.05, 0.1) is 11.0 Å². The number of hydrogen-bond donors (Lipinski definition) is 0. The second kappa shape index (κ2) is 10.6. The van der Waals surface area contributed by atoms with E-state index in [-0.39, 0.29) is 5.82 Å². The molecule has 0 amide bonds. The minimum Gasteiger partial charge on any atom is -0.310 e. The van der Waals surface area contributed by atoms with E-state index in [0.717, 1.165) is 44.6 Å². The van der Waals surface area contributed by atoms with Crippen LogP contribution in [0.3, 0.4) is 0 Å². The van der Waals surface area contributed by atoms with Crippen molar-refractivity contribution in [2.45, 2.75) is 0 Å². The Balaban J connectivity index is 1.18. The van der Waals surface area contributed by atoms with E-state index in [1.165, 1.54) is 67.8 Å². The van der Waals surface area contributed by atoms with Gasteiger partial charge in [0.1, 0.15) is 5.82 Å². The van der Waals surface area contributed by atoms with Crippen LogP contribution in [0.25, 0.3) is 83.1 Å². The Morgan fingerprint density at radius 3 is 1.67 bits per heavy atom. The van der Waals surface area contributed by atoms with Gasteiger partial charge in [-0.1, -0.05) is 109 Å². The molecule has 2 nitrogen and oxygen atoms in total. The fraction of sp³-hybridized carbons (Fsp3) is 0. The molecule has 1 aromatic heterocycles. The van der Waals surface area contributed by atoms with Crippen molar-refractivity contribution in [2.75, 3.05) is 4.90 Å². The lowest BCUT2D eigenvalue weighted by Gasteiger charge is -2.28. The molecule has 0 unspecified atom stereocenters. The van der Waals surface area contributed by atoms with Gasteiger partial charge in [-0.15, -0.1) is 0 Å². The van der Waals surface area contributed by atoms with E-state index >= 15 is 0 Å². The molecule has 51 heavy (non-hydrogen) atoms. The van der Waals surface area contributed by atoms with E-state index in [2.05, 4.69) is 161 Å². The van der Waals surface area contributed by atoms with Gasteiger partial charge < -0.3 is 9.47 Å². The summed E-state index contributed by atoms with van der Waals surface area (Å²) >= 11 is 0. The molecule has 238 valence electrons. The van der Waals surface area contributed by atoms with Crippen LogP contribution in [0.15, 0.2) is 176 Å². The van der Waals surface area contributed by atoms with Crippen molar-refractivity contribution in [3.05, 3.63) is 182 Å². The number of halogens is 1. The summed E-state index contributed by atoms with van der Waals surface area (Å²) in [6.07, 6.45) is 0. The first-order chi connectivity index (χ1) is 25.2. The highest BCUT2D eigenvalue weighted by Gasteiger charge is 2.31. The SMILES string of the molecule is Fc1ccc(-n2c3ccccc3c3ccc(N(c4ccccc4)c4ccc5c(c4)-c4c6cccc4-c4cccc-5c4-c4ccccc4-6)cc32)cc1. The van der Waals surface area contributed by atoms with E-state index in [9.17, 15) is 4.39 Å². The maximum atomic E-state index is 14.1. The van der Waals surface area contributed by atoms with E-state index < -0.39 is 0 Å². The fourth-order valence-electron chi connectivity index (χ4n) is 8.62. The van der Waals surface area contributed by atoms with Crippen LogP contribution in [-0.4, -0.2) is 4.57 Å². The number of rotatable bonds is 4. The predicted octanol–water partition coefficient (Wildman–Crippen LogP) is 13.4. The van der Waals surface area contributed by atoms with E-state index in [0.29, 0.717) is 0 Å². The zero-order valence-electron chi connectivity index (χ0n) is 27.5. The van der Waals surface area contributed by atoms with E-state index in [4.69, 9.17) is 0 Å². The largest absolute Gasteiger partial charge is 0.310 e. The summed E-state index contributed by atoms with van der Waals surface area (Å²) in [5.74, 6) is -0.245. The van der Waals surface area contributed by atoms with Crippen molar-refractivity contribution >= 4 is 38.9 Å². The van der Waals surface area contributed by atoms with Gasteiger partial charge in [0.2, 0.25) is 0 Å². The fourth-order valence-corrected chi connectivity index (χ4v) is 8.62. The van der Waals surface area contributed by atoms with Crippen LogP contribution in [-0.2, 0) is 0 Å². The average molecular weight is 653 g/mol. The molecule has 0 aliphatic heterocycles. The van der Waals surface area contributed by atoms with Gasteiger partial charge >= 0.3 is 0 Å². The molecular formula is C48H29FN2. The first kappa shape index (κ1) is 28.2. The number of hydrogen-bond acceptors (Lipinski definition) is 1. The topological polar surface area (TPSA) is 8.17 Å². The molecule has 0 atom stereocenters. The van der Waals surface area contributed by atoms with Crippen molar-refractivity contribution in [1.82, 2.24) is 4.57 Å². The molecule has 3 heteroatoms. The number of fused-ring (bicyclic) bond motifs is 7. The number of aromatic nitrogens is 1. The van der Waals surface area contributed by atoms with Gasteiger partial charge in [-0.2, -0.15) is 0 Å². The molecule has 0 N–H and O–H groups in total. The van der Waals surface area contributed by atoms with Gasteiger partial charge in [0.25, 0.3) is 0 Å². The molecule has 0 saturated heterocycles. The number of nitrogens with zero attached hydrogens (tertiary/aromatic N) is 2. The van der Waals surface area contributed by atoms with Crippen LogP contribution >= 0.6 is 0 Å². The molecule has 6 bridgehead atoms. The summed E-state index contributed by atoms with van der Waals surface area (Å²) in [5, 5.41) is 2.32. The second-order valence-electron chi connectivity index (χ2n) is 13.4. The lowest BCUT2D eigenvalue weighted by atomic mass is 9.83. The van der Waals surface area contributed by atoms with Gasteiger partial charge in [0, 0.05) is 33.5 Å². The number of benzene rings is 8. The molecule has 9 aromatic rings. The number of anilines is 3. The Bertz CT molecular complexity index is 2840. The van der Waals surface area contributed by atoms with Crippen molar-refractivity contribution < 1.29 is 4.39 Å². The van der Waals surface area contributed by atoms with Gasteiger partial charge in [-0.3, -0.25) is 0 Å². The minimum atomic E-state index is -0.245. The Labute approximate surface area is 294 Å². The zero-order valence-corrected chi connectivity index (χ0v) is 27.5. The summed E-state index contributed by atoms with van der Waals surface area (Å²) in [5.41, 5.74) is 19.0. The quantitative estimate of drug-likeness (QED) is 0.184. The van der Waals surface area contributed by atoms with Crippen LogP contribution in [0.2, 0.25) is 0 Å². The highest BCUT2D eigenvalue weighted by molar-refractivity contribution is 6.15. The molecule has 0 fully saturated rings. The molecule has 2 aliphatic rings. The average Bonchev–Trinajstić information content (AvgIpc) is 3.46. The molecular weight excluding hydrogens is 624 g/mol. The van der Waals surface area contributed by atoms with Crippen LogP contribution in [0.1, 0.15) is 0 Å². The Hall–Kier alpha value is -6.71. The Morgan fingerprint density at radius 1 is 0.353 bits per heavy atom. The molecule has 0 radical (unpaired) electrons. The summed E-state index contributed by atoms with van der Waals surface area (Å²) in [4.78, 5) is 2.36. The minimum absolute atomic E-state index is 0.245. The van der Waals surface area contributed by atoms with Gasteiger partial charge in [-0.05, 0) is 122 Å². The Morgan fingerprint density at radius 2 is 0.902 bits per heavy atom. The van der Waals surface area contributed by atoms with Crippen molar-refractivity contribution in [3.8, 4) is 61.3 Å². The van der Waals surface area contributed by atoms with Gasteiger partial charge in [0.15, 0.2) is 0 Å². The third-order valence-electron chi connectivity index (χ3n) is 10.7. The monoisotopic (exact) mass is 652 g/mol. The van der Waals surface area contributed by atoms with Crippen molar-refractivity contribution in [1.29, 1.82) is 0 Å². The third-order valence-corrected chi connectivity index (χ3v) is 10.7. The molecule has 0 saturated carbocycles. The van der Waals surface area contributed by atoms with Crippen LogP contribution < -0.4 is 4.90 Å². The van der Waals surface area contributed by atoms with Crippen LogP contribution in [0, 0.1) is 5.82 Å². The van der Waals surface area contributed by atoms with E-state index in [1.54, 1.807) is 0 Å². The second-order valence-corrected chi connectivity index (χ2v) is 13.4. The molecule has 0 spiro atoms. The predicted molar refractivity (Wildman–Crippen MR) is 210 cm³/mol. The molecule has 1 heterocycles. The van der Waals surface area contributed by atoms with Gasteiger partial charge in [-0.25, -0.2) is 4.39 Å². The zero-order chi connectivity index (χ0) is 33.6. The molecule has 8 aromatic carbocycles. The van der Waals surface area contributed by atoms with Crippen LogP contribution in [0.5, 0.6) is 0 Å². The summed E-state index contributed by atoms with van der Waals surface area (Å²) in [6.45, 7) is 0. The van der Waals surface area contributed by atoms with Crippen molar-refractivity contribution in [3.63, 3.8) is 0 Å². The lowest BCUT2D eigenvalue weighted by molar-refractivity contribution is 0.627. The maximum absolute atomic E-state index is 14.1. The Kier molecular flexibility index (Phi) is 5.88. The normalized spacial score (nSPS) is 12.0. The maximum Gasteiger partial charge on any atom is 0.123 e. The third kappa shape index (κ3) is 4.03. The molecule has 2 aliphatic carbocycles. The standard InChI is InChI=1S/C48H29FN2/c49-30-20-22-32(23-21-30)51-45-19-7-6-13-37(45)38-27-25-34(29-46(38)51)50(31-10-2-1-3-11-31)33-24-26-36-41-16-9-17-42-43-18-8-15-40(48(43)44(36)28-33)35-12-4-5-14-39(35)47(41)42/h1-29H. The highest BCUT2D eigenvalue weighted by Crippen LogP contribution is 2.57.